The average Bonchev–Trinajstić information content (AvgIpc) is 3.45. The standard InChI is InChI=1S/C27H27N5O2S2/c1-18-9-11-20(12-10-18)31-16-6-8-24(31)26-25(23-7-4-5-15-28-23)29-27(35)32(26)21-13-14-22(19(2)17-21)30-36(3,33)34/h4-17,25-26,30H,1-3H3,(H,29,35)/t25-,26-/m1/s1. The maximum Gasteiger partial charge on any atom is 0.229 e. The summed E-state index contributed by atoms with van der Waals surface area (Å²) >= 11 is 5.86. The van der Waals surface area contributed by atoms with Crippen LogP contribution in [0.3, 0.4) is 0 Å². The predicted molar refractivity (Wildman–Crippen MR) is 148 cm³/mol. The molecule has 4 aromatic rings. The molecule has 1 aliphatic heterocycles. The number of aryl methyl sites for hydroxylation is 2. The first kappa shape index (κ1) is 24.0. The minimum atomic E-state index is -3.39. The molecule has 3 heterocycles. The van der Waals surface area contributed by atoms with Crippen LogP contribution in [-0.4, -0.2) is 29.3 Å². The highest BCUT2D eigenvalue weighted by Gasteiger charge is 2.42. The Bertz CT molecular complexity index is 1520. The molecule has 2 N–H and O–H groups in total. The number of thiocarbonyl (C=S) groups is 1. The minimum Gasteiger partial charge on any atom is -0.351 e. The van der Waals surface area contributed by atoms with Crippen LogP contribution in [0.1, 0.15) is 34.6 Å². The quantitative estimate of drug-likeness (QED) is 0.349. The molecular formula is C27H27N5O2S2. The lowest BCUT2D eigenvalue weighted by molar-refractivity contribution is 0.549. The molecule has 1 aliphatic rings. The number of pyridine rings is 1. The van der Waals surface area contributed by atoms with Crippen LogP contribution in [0.4, 0.5) is 11.4 Å². The number of benzene rings is 2. The van der Waals surface area contributed by atoms with E-state index in [1.165, 1.54) is 5.56 Å². The van der Waals surface area contributed by atoms with Crippen LogP contribution in [0.25, 0.3) is 5.69 Å². The van der Waals surface area contributed by atoms with E-state index in [1.807, 2.05) is 43.3 Å². The van der Waals surface area contributed by atoms with Crippen molar-refractivity contribution >= 4 is 38.7 Å². The van der Waals surface area contributed by atoms with Gasteiger partial charge in [0.1, 0.15) is 6.04 Å². The van der Waals surface area contributed by atoms with Gasteiger partial charge < -0.3 is 14.8 Å². The normalized spacial score (nSPS) is 17.8. The molecule has 1 fully saturated rings. The fourth-order valence-corrected chi connectivity index (χ4v) is 5.60. The van der Waals surface area contributed by atoms with E-state index in [-0.39, 0.29) is 12.1 Å². The lowest BCUT2D eigenvalue weighted by Gasteiger charge is -2.29. The van der Waals surface area contributed by atoms with Gasteiger partial charge in [-0.2, -0.15) is 0 Å². The van der Waals surface area contributed by atoms with Crippen LogP contribution in [-0.2, 0) is 10.0 Å². The summed E-state index contributed by atoms with van der Waals surface area (Å²) in [5.74, 6) is 0. The summed E-state index contributed by atoms with van der Waals surface area (Å²) in [4.78, 5) is 6.72. The van der Waals surface area contributed by atoms with Crippen molar-refractivity contribution in [3.63, 3.8) is 0 Å². The molecule has 1 saturated heterocycles. The van der Waals surface area contributed by atoms with Gasteiger partial charge in [0.25, 0.3) is 0 Å². The second-order valence-corrected chi connectivity index (χ2v) is 11.1. The molecule has 2 atom stereocenters. The molecule has 0 amide bonds. The van der Waals surface area contributed by atoms with Crippen molar-refractivity contribution in [2.45, 2.75) is 25.9 Å². The molecule has 0 spiro atoms. The third-order valence-corrected chi connectivity index (χ3v) is 7.18. The Balaban J connectivity index is 1.63. The summed E-state index contributed by atoms with van der Waals surface area (Å²) in [7, 11) is -3.39. The number of nitrogens with zero attached hydrogens (tertiary/aromatic N) is 3. The average molecular weight is 518 g/mol. The molecule has 5 rings (SSSR count). The molecule has 9 heteroatoms. The molecule has 0 saturated carbocycles. The largest absolute Gasteiger partial charge is 0.351 e. The Labute approximate surface area is 216 Å². The first-order valence-electron chi connectivity index (χ1n) is 11.5. The summed E-state index contributed by atoms with van der Waals surface area (Å²) in [6.45, 7) is 3.95. The molecule has 184 valence electrons. The molecule has 0 radical (unpaired) electrons. The number of anilines is 2. The van der Waals surface area contributed by atoms with Crippen LogP contribution in [0.5, 0.6) is 0 Å². The fourth-order valence-electron chi connectivity index (χ4n) is 4.62. The lowest BCUT2D eigenvalue weighted by Crippen LogP contribution is -2.30. The van der Waals surface area contributed by atoms with Gasteiger partial charge in [0.05, 0.1) is 23.7 Å². The lowest BCUT2D eigenvalue weighted by atomic mass is 10.00. The molecule has 0 aliphatic carbocycles. The van der Waals surface area contributed by atoms with E-state index < -0.39 is 10.0 Å². The van der Waals surface area contributed by atoms with E-state index in [9.17, 15) is 8.42 Å². The molecule has 2 aromatic carbocycles. The van der Waals surface area contributed by atoms with Gasteiger partial charge in [0.2, 0.25) is 10.0 Å². The van der Waals surface area contributed by atoms with Crippen molar-refractivity contribution in [2.75, 3.05) is 15.9 Å². The first-order valence-corrected chi connectivity index (χ1v) is 13.8. The molecule has 7 nitrogen and oxygen atoms in total. The van der Waals surface area contributed by atoms with Gasteiger partial charge in [-0.25, -0.2) is 8.42 Å². The van der Waals surface area contributed by atoms with Crippen molar-refractivity contribution in [2.24, 2.45) is 0 Å². The molecule has 0 unspecified atom stereocenters. The van der Waals surface area contributed by atoms with Gasteiger partial charge in [0, 0.05) is 29.5 Å². The maximum atomic E-state index is 11.8. The van der Waals surface area contributed by atoms with E-state index in [0.717, 1.165) is 34.6 Å². The molecule has 0 bridgehead atoms. The van der Waals surface area contributed by atoms with Crippen LogP contribution in [0, 0.1) is 13.8 Å². The van der Waals surface area contributed by atoms with E-state index in [2.05, 4.69) is 67.9 Å². The highest BCUT2D eigenvalue weighted by atomic mass is 32.2. The van der Waals surface area contributed by atoms with E-state index in [4.69, 9.17) is 12.2 Å². The number of aromatic nitrogens is 2. The zero-order valence-electron chi connectivity index (χ0n) is 20.2. The van der Waals surface area contributed by atoms with Gasteiger partial charge in [-0.15, -0.1) is 0 Å². The van der Waals surface area contributed by atoms with Crippen molar-refractivity contribution in [1.82, 2.24) is 14.9 Å². The molecule has 2 aromatic heterocycles. The third-order valence-electron chi connectivity index (χ3n) is 6.28. The highest BCUT2D eigenvalue weighted by Crippen LogP contribution is 2.42. The highest BCUT2D eigenvalue weighted by molar-refractivity contribution is 7.92. The molecule has 36 heavy (non-hydrogen) atoms. The number of hydrogen-bond donors (Lipinski definition) is 2. The summed E-state index contributed by atoms with van der Waals surface area (Å²) in [5, 5.41) is 4.07. The SMILES string of the molecule is Cc1ccc(-n2cccc2[C@@H]2[C@@H](c3ccccn3)NC(=S)N2c2ccc(NS(C)(=O)=O)c(C)c2)cc1. The summed E-state index contributed by atoms with van der Waals surface area (Å²) in [5.41, 5.74) is 6.40. The van der Waals surface area contributed by atoms with Crippen LogP contribution in [0.2, 0.25) is 0 Å². The number of hydrogen-bond acceptors (Lipinski definition) is 4. The third kappa shape index (κ3) is 4.72. The van der Waals surface area contributed by atoms with Crippen molar-refractivity contribution in [1.29, 1.82) is 0 Å². The smallest absolute Gasteiger partial charge is 0.229 e. The van der Waals surface area contributed by atoms with Crippen molar-refractivity contribution < 1.29 is 8.42 Å². The second-order valence-electron chi connectivity index (χ2n) is 9.01. The Kier molecular flexibility index (Phi) is 6.27. The van der Waals surface area contributed by atoms with Crippen LogP contribution < -0.4 is 14.9 Å². The zero-order valence-corrected chi connectivity index (χ0v) is 21.8. The van der Waals surface area contributed by atoms with Crippen LogP contribution in [0.15, 0.2) is 85.2 Å². The van der Waals surface area contributed by atoms with E-state index in [0.29, 0.717) is 10.8 Å². The topological polar surface area (TPSA) is 79.3 Å². The summed E-state index contributed by atoms with van der Waals surface area (Å²) in [6, 6.07) is 23.7. The van der Waals surface area contributed by atoms with E-state index in [1.54, 1.807) is 12.3 Å². The Hall–Kier alpha value is -3.69. The van der Waals surface area contributed by atoms with Gasteiger partial charge in [-0.05, 0) is 86.2 Å². The Morgan fingerprint density at radius 2 is 1.72 bits per heavy atom. The van der Waals surface area contributed by atoms with Gasteiger partial charge >= 0.3 is 0 Å². The van der Waals surface area contributed by atoms with E-state index >= 15 is 0 Å². The number of nitrogens with one attached hydrogen (secondary N) is 2. The van der Waals surface area contributed by atoms with Gasteiger partial charge in [0.15, 0.2) is 5.11 Å². The van der Waals surface area contributed by atoms with Crippen LogP contribution >= 0.6 is 12.2 Å². The summed E-state index contributed by atoms with van der Waals surface area (Å²) < 4.78 is 28.3. The Morgan fingerprint density at radius 1 is 0.972 bits per heavy atom. The van der Waals surface area contributed by atoms with Crippen molar-refractivity contribution in [3.8, 4) is 5.69 Å². The Morgan fingerprint density at radius 3 is 2.39 bits per heavy atom. The maximum absolute atomic E-state index is 11.8. The van der Waals surface area contributed by atoms with Gasteiger partial charge in [-0.3, -0.25) is 9.71 Å². The predicted octanol–water partition coefficient (Wildman–Crippen LogP) is 5.04. The second kappa shape index (κ2) is 9.40. The minimum absolute atomic E-state index is 0.188. The molecular weight excluding hydrogens is 490 g/mol. The zero-order chi connectivity index (χ0) is 25.4. The summed E-state index contributed by atoms with van der Waals surface area (Å²) in [6.07, 6.45) is 4.99. The number of rotatable bonds is 6. The fraction of sp³-hybridized carbons (Fsp3) is 0.185. The first-order chi connectivity index (χ1) is 17.2. The van der Waals surface area contributed by atoms with Gasteiger partial charge in [-0.1, -0.05) is 23.8 Å². The van der Waals surface area contributed by atoms with Crippen molar-refractivity contribution in [3.05, 3.63) is 108 Å². The monoisotopic (exact) mass is 517 g/mol. The number of sulfonamides is 1.